The molecule has 6 rings (SSSR count). The van der Waals surface area contributed by atoms with Crippen LogP contribution < -0.4 is 55.5 Å². The number of oxime groups is 1. The van der Waals surface area contributed by atoms with Crippen molar-refractivity contribution in [2.24, 2.45) is 10.1 Å². The van der Waals surface area contributed by atoms with Gasteiger partial charge in [-0.25, -0.2) is 9.55 Å². The fraction of sp³-hybridized carbons (Fsp3) is 0.222. The maximum atomic E-state index is 13.3. The topological polar surface area (TPSA) is 252 Å². The number of aliphatic imine (C=N–C) groups is 1. The predicted molar refractivity (Wildman–Crippen MR) is 165 cm³/mol. The summed E-state index contributed by atoms with van der Waals surface area (Å²) in [4.78, 5) is 54.2. The molecule has 2 atom stereocenters. The quantitative estimate of drug-likeness (QED) is 0.0183. The van der Waals surface area contributed by atoms with Crippen LogP contribution >= 0.6 is 34.9 Å². The first-order chi connectivity index (χ1) is 22.7. The summed E-state index contributed by atoms with van der Waals surface area (Å²) in [6.45, 7) is 0.227. The summed E-state index contributed by atoms with van der Waals surface area (Å²) in [6.07, 6.45) is 4.67. The van der Waals surface area contributed by atoms with E-state index in [-0.39, 0.29) is 87.5 Å². The Kier molecular flexibility index (Phi) is 11.2. The van der Waals surface area contributed by atoms with Gasteiger partial charge in [-0.3, -0.25) is 19.5 Å². The van der Waals surface area contributed by atoms with Gasteiger partial charge in [-0.2, -0.15) is 0 Å². The molecule has 0 radical (unpaired) electrons. The number of carboxylic acids is 1. The van der Waals surface area contributed by atoms with E-state index >= 15 is 0 Å². The Morgan fingerprint density at radius 3 is 2.77 bits per heavy atom. The van der Waals surface area contributed by atoms with Crippen LogP contribution in [0.15, 0.2) is 84.1 Å². The van der Waals surface area contributed by atoms with Gasteiger partial charge in [-0.15, -0.1) is 33.3 Å². The molecule has 4 aromatic heterocycles. The average Bonchev–Trinajstić information content (AvgIpc) is 3.72. The van der Waals surface area contributed by atoms with E-state index in [0.29, 0.717) is 11.3 Å². The number of carbonyl (C=O) groups is 2. The minimum Gasteiger partial charge on any atom is -0.857 e. The van der Waals surface area contributed by atoms with E-state index in [4.69, 9.17) is 15.0 Å². The number of rotatable bonds is 12. The van der Waals surface area contributed by atoms with Gasteiger partial charge in [0.05, 0.1) is 11.7 Å². The number of nitrogens with two attached hydrogens (primary N) is 1. The summed E-state index contributed by atoms with van der Waals surface area (Å²) in [6, 6.07) is 5.41. The molecule has 0 spiro atoms. The summed E-state index contributed by atoms with van der Waals surface area (Å²) < 4.78 is 7.29. The van der Waals surface area contributed by atoms with Gasteiger partial charge in [-0.1, -0.05) is 23.0 Å². The van der Waals surface area contributed by atoms with Crippen LogP contribution in [0.3, 0.4) is 0 Å². The predicted octanol–water partition coefficient (Wildman–Crippen LogP) is -4.28. The number of nitrogens with zero attached hydrogens (tertiary/aromatic N) is 7. The van der Waals surface area contributed by atoms with E-state index in [2.05, 4.69) is 30.3 Å². The SMILES string of the molecule is Nc1nc(/C(=N/OCCSc2nnc(-c3cc(=O)c(O)c[nH]3)o2)C([O-])=N[C@@H]2C(=O)N3C(C(=O)[O-])=C(C[n+]4ccccc4)CS[C@H]23)cs1.[Na+]. The fourth-order valence-electron chi connectivity index (χ4n) is 4.54. The van der Waals surface area contributed by atoms with Crippen molar-refractivity contribution in [1.82, 2.24) is 25.1 Å². The number of carbonyl (C=O) groups excluding carboxylic acids is 2. The zero-order chi connectivity index (χ0) is 33.1. The van der Waals surface area contributed by atoms with Gasteiger partial charge in [0.15, 0.2) is 35.9 Å². The zero-order valence-electron chi connectivity index (χ0n) is 24.8. The average molecular weight is 720 g/mol. The molecule has 1 saturated heterocycles. The van der Waals surface area contributed by atoms with E-state index in [1.165, 1.54) is 17.1 Å². The Labute approximate surface area is 304 Å². The van der Waals surface area contributed by atoms with Gasteiger partial charge in [0.1, 0.15) is 29.1 Å². The van der Waals surface area contributed by atoms with Crippen molar-refractivity contribution < 1.29 is 68.3 Å². The van der Waals surface area contributed by atoms with Crippen LogP contribution in [0.2, 0.25) is 0 Å². The van der Waals surface area contributed by atoms with Crippen molar-refractivity contribution in [3.05, 3.63) is 75.4 Å². The monoisotopic (exact) mass is 719 g/mol. The molecule has 0 aliphatic carbocycles. The molecule has 48 heavy (non-hydrogen) atoms. The number of aromatic hydroxyl groups is 1. The minimum atomic E-state index is -1.49. The van der Waals surface area contributed by atoms with E-state index in [9.17, 15) is 29.7 Å². The third kappa shape index (κ3) is 7.58. The molecule has 1 amide bonds. The number of hydrogen-bond donors (Lipinski definition) is 3. The molecule has 6 heterocycles. The van der Waals surface area contributed by atoms with Crippen LogP contribution in [-0.2, 0) is 21.0 Å². The van der Waals surface area contributed by atoms with Crippen LogP contribution in [0.1, 0.15) is 5.69 Å². The van der Waals surface area contributed by atoms with Crippen molar-refractivity contribution >= 4 is 63.5 Å². The van der Waals surface area contributed by atoms with E-state index in [1.807, 2.05) is 6.07 Å². The molecule has 4 N–H and O–H groups in total. The van der Waals surface area contributed by atoms with Gasteiger partial charge in [0, 0.05) is 52.8 Å². The Balaban J connectivity index is 0.00000451. The Morgan fingerprint density at radius 1 is 1.27 bits per heavy atom. The molecule has 17 nitrogen and oxygen atoms in total. The molecule has 4 aromatic rings. The summed E-state index contributed by atoms with van der Waals surface area (Å²) in [7, 11) is 0. The maximum Gasteiger partial charge on any atom is 1.00 e. The fourth-order valence-corrected chi connectivity index (χ4v) is 6.97. The molecule has 2 aliphatic rings. The number of nitrogen functional groups attached to an aromatic ring is 1. The van der Waals surface area contributed by atoms with Crippen molar-refractivity contribution in [2.75, 3.05) is 23.8 Å². The summed E-state index contributed by atoms with van der Waals surface area (Å²) in [5.41, 5.74) is 5.45. The van der Waals surface area contributed by atoms with Crippen molar-refractivity contribution in [3.8, 4) is 17.3 Å². The Bertz CT molecular complexity index is 1980. The number of carboxylic acid groups (broad SMARTS) is 1. The van der Waals surface area contributed by atoms with Gasteiger partial charge < -0.3 is 40.1 Å². The molecule has 0 aromatic carbocycles. The van der Waals surface area contributed by atoms with Crippen LogP contribution in [0, 0.1) is 0 Å². The molecule has 21 heteroatoms. The number of H-pyrrole nitrogens is 1. The number of aliphatic carboxylic acids is 1. The standard InChI is InChI=1S/C27H23N9O8S3.Na/c28-26-30-15(12-47-26)18(34-43-6-7-45-27-33-32-22(44-27)14-8-16(37)17(38)9-29-14)21(39)31-19-23(40)36-20(25(41)42)13(11-46-24(19)36)10-35-4-2-1-3-5-35;/h1-5,8-9,12,19,24H,6-7,10-11H2,(H5-,28,29,30,31,32,34,37,38,39,41,42);/q;+1/p-1/t19-,24-;/m1./s1. The number of amides is 1. The molecule has 242 valence electrons. The van der Waals surface area contributed by atoms with Crippen LogP contribution in [0.25, 0.3) is 11.6 Å². The van der Waals surface area contributed by atoms with E-state index in [0.717, 1.165) is 40.3 Å². The number of thioether (sulfide) groups is 2. The van der Waals surface area contributed by atoms with E-state index < -0.39 is 40.4 Å². The first-order valence-corrected chi connectivity index (χ1v) is 16.5. The van der Waals surface area contributed by atoms with Crippen molar-refractivity contribution in [3.63, 3.8) is 0 Å². The van der Waals surface area contributed by atoms with Crippen LogP contribution in [-0.4, -0.2) is 83.2 Å². The Hall–Kier alpha value is -4.21. The number of fused-ring (bicyclic) bond motifs is 1. The molecule has 0 bridgehead atoms. The van der Waals surface area contributed by atoms with Gasteiger partial charge in [-0.05, 0) is 0 Å². The second-order valence-corrected chi connectivity index (χ2v) is 12.8. The minimum absolute atomic E-state index is 0. The number of pyridine rings is 2. The first-order valence-electron chi connectivity index (χ1n) is 13.6. The smallest absolute Gasteiger partial charge is 0.857 e. The number of β-lactam (4-membered cyclic amide) rings is 1. The van der Waals surface area contributed by atoms with Gasteiger partial charge >= 0.3 is 29.6 Å². The second kappa shape index (κ2) is 15.3. The molecule has 1 fully saturated rings. The number of aromatic amines is 1. The largest absolute Gasteiger partial charge is 1.00 e. The van der Waals surface area contributed by atoms with Crippen LogP contribution in [0.5, 0.6) is 5.75 Å². The zero-order valence-corrected chi connectivity index (χ0v) is 29.3. The van der Waals surface area contributed by atoms with Gasteiger partial charge in [0.2, 0.25) is 5.43 Å². The van der Waals surface area contributed by atoms with Crippen molar-refractivity contribution in [2.45, 2.75) is 23.2 Å². The third-order valence-corrected chi connectivity index (χ3v) is 9.45. The summed E-state index contributed by atoms with van der Waals surface area (Å²) in [5, 5.41) is 47.5. The number of aromatic nitrogens is 5. The number of thiazole rings is 1. The molecule has 0 unspecified atom stereocenters. The van der Waals surface area contributed by atoms with Crippen LogP contribution in [0.4, 0.5) is 5.13 Å². The maximum absolute atomic E-state index is 13.3. The second-order valence-electron chi connectivity index (χ2n) is 9.74. The summed E-state index contributed by atoms with van der Waals surface area (Å²) in [5.74, 6) is -2.91. The van der Waals surface area contributed by atoms with Crippen molar-refractivity contribution in [1.29, 1.82) is 0 Å². The normalized spacial score (nSPS) is 17.8. The molecular weight excluding hydrogens is 698 g/mol. The first kappa shape index (κ1) is 35.1. The van der Waals surface area contributed by atoms with E-state index in [1.54, 1.807) is 29.1 Å². The summed E-state index contributed by atoms with van der Waals surface area (Å²) >= 11 is 3.47. The number of anilines is 1. The molecule has 0 saturated carbocycles. The third-order valence-electron chi connectivity index (χ3n) is 6.67. The Morgan fingerprint density at radius 2 is 2.06 bits per heavy atom. The number of hydrogen-bond acceptors (Lipinski definition) is 17. The molecule has 2 aliphatic heterocycles. The van der Waals surface area contributed by atoms with Gasteiger partial charge in [0.25, 0.3) is 17.0 Å². The number of nitrogens with one attached hydrogen (secondary N) is 1. The molecular formula is C27H22N9NaO8S3.